The van der Waals surface area contributed by atoms with Crippen LogP contribution in [0.1, 0.15) is 43.8 Å². The Morgan fingerprint density at radius 1 is 1.00 bits per heavy atom. The van der Waals surface area contributed by atoms with Gasteiger partial charge in [-0.15, -0.1) is 0 Å². The van der Waals surface area contributed by atoms with Gasteiger partial charge in [0.15, 0.2) is 5.76 Å². The average Bonchev–Trinajstić information content (AvgIpc) is 2.83. The SMILES string of the molecule is Clc1ccc(-c2noc(C3CCCCC3)c2Cl)cc1. The highest BCUT2D eigenvalue weighted by Crippen LogP contribution is 2.40. The zero-order chi connectivity index (χ0) is 13.2. The third-order valence-electron chi connectivity index (χ3n) is 3.75. The van der Waals surface area contributed by atoms with Gasteiger partial charge in [-0.05, 0) is 25.0 Å². The number of aromatic nitrogens is 1. The van der Waals surface area contributed by atoms with Crippen molar-refractivity contribution in [1.29, 1.82) is 0 Å². The maximum absolute atomic E-state index is 6.44. The summed E-state index contributed by atoms with van der Waals surface area (Å²) in [5, 5.41) is 5.51. The van der Waals surface area contributed by atoms with E-state index in [-0.39, 0.29) is 0 Å². The molecule has 4 heteroatoms. The normalized spacial score (nSPS) is 16.7. The summed E-state index contributed by atoms with van der Waals surface area (Å²) >= 11 is 12.3. The fourth-order valence-corrected chi connectivity index (χ4v) is 3.16. The summed E-state index contributed by atoms with van der Waals surface area (Å²) in [5.74, 6) is 1.28. The van der Waals surface area contributed by atoms with E-state index < -0.39 is 0 Å². The Kier molecular flexibility index (Phi) is 3.81. The summed E-state index contributed by atoms with van der Waals surface area (Å²) in [6.45, 7) is 0. The third kappa shape index (κ3) is 2.65. The van der Waals surface area contributed by atoms with E-state index in [9.17, 15) is 0 Å². The van der Waals surface area contributed by atoms with Crippen LogP contribution in [0.15, 0.2) is 28.8 Å². The van der Waals surface area contributed by atoms with E-state index >= 15 is 0 Å². The quantitative estimate of drug-likeness (QED) is 0.710. The summed E-state index contributed by atoms with van der Waals surface area (Å²) in [6, 6.07) is 7.50. The maximum atomic E-state index is 6.44. The van der Waals surface area contributed by atoms with E-state index in [2.05, 4.69) is 5.16 Å². The van der Waals surface area contributed by atoms with Crippen LogP contribution in [0.2, 0.25) is 10.0 Å². The van der Waals surface area contributed by atoms with E-state index in [0.717, 1.165) is 29.9 Å². The molecule has 1 aliphatic carbocycles. The minimum atomic E-state index is 0.426. The first-order chi connectivity index (χ1) is 9.25. The molecule has 3 rings (SSSR count). The Morgan fingerprint density at radius 3 is 2.37 bits per heavy atom. The van der Waals surface area contributed by atoms with Crippen LogP contribution in [-0.2, 0) is 0 Å². The van der Waals surface area contributed by atoms with E-state index in [1.807, 2.05) is 24.3 Å². The fraction of sp³-hybridized carbons (Fsp3) is 0.400. The van der Waals surface area contributed by atoms with Crippen molar-refractivity contribution >= 4 is 23.2 Å². The predicted molar refractivity (Wildman–Crippen MR) is 77.8 cm³/mol. The van der Waals surface area contributed by atoms with Crippen molar-refractivity contribution in [3.63, 3.8) is 0 Å². The van der Waals surface area contributed by atoms with Gasteiger partial charge in [-0.2, -0.15) is 0 Å². The third-order valence-corrected chi connectivity index (χ3v) is 4.37. The molecule has 0 saturated heterocycles. The molecule has 1 heterocycles. The Bertz CT molecular complexity index is 556. The molecule has 1 aromatic carbocycles. The molecule has 1 fully saturated rings. The monoisotopic (exact) mass is 295 g/mol. The van der Waals surface area contributed by atoms with Gasteiger partial charge in [-0.3, -0.25) is 0 Å². The predicted octanol–water partition coefficient (Wildman–Crippen LogP) is 5.70. The van der Waals surface area contributed by atoms with Crippen LogP contribution < -0.4 is 0 Å². The molecule has 0 aliphatic heterocycles. The van der Waals surface area contributed by atoms with Gasteiger partial charge in [0.2, 0.25) is 0 Å². The molecule has 0 spiro atoms. The van der Waals surface area contributed by atoms with Gasteiger partial charge < -0.3 is 4.52 Å². The molecule has 0 amide bonds. The van der Waals surface area contributed by atoms with Crippen molar-refractivity contribution in [2.75, 3.05) is 0 Å². The summed E-state index contributed by atoms with van der Waals surface area (Å²) in [7, 11) is 0. The van der Waals surface area contributed by atoms with E-state index in [1.165, 1.54) is 19.3 Å². The Balaban J connectivity index is 1.91. The topological polar surface area (TPSA) is 26.0 Å². The molecule has 1 saturated carbocycles. The van der Waals surface area contributed by atoms with Crippen molar-refractivity contribution in [3.05, 3.63) is 40.1 Å². The zero-order valence-electron chi connectivity index (χ0n) is 10.5. The van der Waals surface area contributed by atoms with Crippen molar-refractivity contribution in [1.82, 2.24) is 5.16 Å². The second-order valence-electron chi connectivity index (χ2n) is 5.05. The van der Waals surface area contributed by atoms with Crippen molar-refractivity contribution in [2.24, 2.45) is 0 Å². The molecule has 1 aromatic heterocycles. The van der Waals surface area contributed by atoms with Crippen LogP contribution in [0.25, 0.3) is 11.3 Å². The first-order valence-corrected chi connectivity index (χ1v) is 7.42. The number of hydrogen-bond acceptors (Lipinski definition) is 2. The van der Waals surface area contributed by atoms with Gasteiger partial charge >= 0.3 is 0 Å². The maximum Gasteiger partial charge on any atom is 0.159 e. The number of halogens is 2. The molecule has 19 heavy (non-hydrogen) atoms. The van der Waals surface area contributed by atoms with E-state index in [0.29, 0.717) is 16.0 Å². The molecular formula is C15H15Cl2NO. The molecule has 0 unspecified atom stereocenters. The highest BCUT2D eigenvalue weighted by molar-refractivity contribution is 6.33. The lowest BCUT2D eigenvalue weighted by atomic mass is 9.87. The minimum absolute atomic E-state index is 0.426. The minimum Gasteiger partial charge on any atom is -0.359 e. The molecule has 0 radical (unpaired) electrons. The molecule has 1 aliphatic rings. The molecule has 2 aromatic rings. The van der Waals surface area contributed by atoms with Crippen molar-refractivity contribution in [3.8, 4) is 11.3 Å². The number of hydrogen-bond donors (Lipinski definition) is 0. The Morgan fingerprint density at radius 2 is 1.68 bits per heavy atom. The lowest BCUT2D eigenvalue weighted by Crippen LogP contribution is -2.03. The van der Waals surface area contributed by atoms with Gasteiger partial charge in [-0.25, -0.2) is 0 Å². The van der Waals surface area contributed by atoms with Crippen LogP contribution in [0.5, 0.6) is 0 Å². The van der Waals surface area contributed by atoms with E-state index in [1.54, 1.807) is 0 Å². The summed E-state index contributed by atoms with van der Waals surface area (Å²) in [5.41, 5.74) is 1.67. The summed E-state index contributed by atoms with van der Waals surface area (Å²) in [4.78, 5) is 0. The molecule has 0 N–H and O–H groups in total. The van der Waals surface area contributed by atoms with Gasteiger partial charge in [0, 0.05) is 16.5 Å². The zero-order valence-corrected chi connectivity index (χ0v) is 12.0. The number of benzene rings is 1. The number of rotatable bonds is 2. The second-order valence-corrected chi connectivity index (χ2v) is 5.87. The van der Waals surface area contributed by atoms with Gasteiger partial charge in [-0.1, -0.05) is 59.8 Å². The van der Waals surface area contributed by atoms with Gasteiger partial charge in [0.25, 0.3) is 0 Å². The highest BCUT2D eigenvalue weighted by atomic mass is 35.5. The first kappa shape index (κ1) is 13.0. The standard InChI is InChI=1S/C15H15Cl2NO/c16-12-8-6-10(7-9-12)14-13(17)15(19-18-14)11-4-2-1-3-5-11/h6-9,11H,1-5H2. The van der Waals surface area contributed by atoms with Crippen molar-refractivity contribution < 1.29 is 4.52 Å². The average molecular weight is 296 g/mol. The van der Waals surface area contributed by atoms with Crippen molar-refractivity contribution in [2.45, 2.75) is 38.0 Å². The highest BCUT2D eigenvalue weighted by Gasteiger charge is 2.25. The lowest BCUT2D eigenvalue weighted by Gasteiger charge is -2.18. The summed E-state index contributed by atoms with van der Waals surface area (Å²) in [6.07, 6.45) is 6.10. The van der Waals surface area contributed by atoms with Crippen LogP contribution in [-0.4, -0.2) is 5.16 Å². The smallest absolute Gasteiger partial charge is 0.159 e. The lowest BCUT2D eigenvalue weighted by molar-refractivity contribution is 0.322. The van der Waals surface area contributed by atoms with Gasteiger partial charge in [0.1, 0.15) is 10.7 Å². The number of nitrogens with zero attached hydrogens (tertiary/aromatic N) is 1. The van der Waals surface area contributed by atoms with Crippen LogP contribution in [0.4, 0.5) is 0 Å². The van der Waals surface area contributed by atoms with E-state index in [4.69, 9.17) is 27.7 Å². The fourth-order valence-electron chi connectivity index (χ4n) is 2.70. The van der Waals surface area contributed by atoms with Crippen LogP contribution in [0, 0.1) is 0 Å². The Labute approximate surface area is 122 Å². The second kappa shape index (κ2) is 5.56. The molecule has 100 valence electrons. The van der Waals surface area contributed by atoms with Gasteiger partial charge in [0.05, 0.1) is 0 Å². The first-order valence-electron chi connectivity index (χ1n) is 6.66. The van der Waals surface area contributed by atoms with Crippen LogP contribution in [0.3, 0.4) is 0 Å². The molecule has 2 nitrogen and oxygen atoms in total. The molecule has 0 atom stereocenters. The summed E-state index contributed by atoms with van der Waals surface area (Å²) < 4.78 is 5.50. The Hall–Kier alpha value is -0.990. The molecule has 0 bridgehead atoms. The largest absolute Gasteiger partial charge is 0.359 e. The molecular weight excluding hydrogens is 281 g/mol. The van der Waals surface area contributed by atoms with Crippen LogP contribution >= 0.6 is 23.2 Å².